The molecule has 0 spiro atoms. The molecule has 4 heterocycles. The molecule has 3 N–H and O–H groups in total. The lowest BCUT2D eigenvalue weighted by Gasteiger charge is -2.33. The Kier molecular flexibility index (Phi) is 4.78. The number of rotatable bonds is 4. The number of fused-ring (bicyclic) bond motifs is 1. The van der Waals surface area contributed by atoms with Gasteiger partial charge < -0.3 is 20.7 Å². The SMILES string of the molecule is COC1CCN(c2ccncc2NC(=O)c2c(N)nn3cc(F)cnc23)CC1. The van der Waals surface area contributed by atoms with Gasteiger partial charge in [0.25, 0.3) is 5.91 Å². The third kappa shape index (κ3) is 3.33. The lowest BCUT2D eigenvalue weighted by molar-refractivity contribution is 0.0819. The van der Waals surface area contributed by atoms with Crippen LogP contribution in [0.25, 0.3) is 5.65 Å². The molecule has 0 bridgehead atoms. The van der Waals surface area contributed by atoms with Gasteiger partial charge in [0, 0.05) is 26.4 Å². The predicted molar refractivity (Wildman–Crippen MR) is 102 cm³/mol. The van der Waals surface area contributed by atoms with Crippen molar-refractivity contribution in [2.24, 2.45) is 0 Å². The summed E-state index contributed by atoms with van der Waals surface area (Å²) < 4.78 is 19.9. The molecular formula is C18H20FN7O2. The normalized spacial score (nSPS) is 15.1. The number of carbonyl (C=O) groups is 1. The molecule has 0 saturated carbocycles. The Morgan fingerprint density at radius 1 is 1.36 bits per heavy atom. The Morgan fingerprint density at radius 2 is 2.14 bits per heavy atom. The van der Waals surface area contributed by atoms with E-state index in [0.29, 0.717) is 5.69 Å². The van der Waals surface area contributed by atoms with Crippen molar-refractivity contribution in [2.75, 3.05) is 36.1 Å². The number of methoxy groups -OCH3 is 1. The van der Waals surface area contributed by atoms with Gasteiger partial charge in [0.1, 0.15) is 5.56 Å². The Labute approximate surface area is 160 Å². The highest BCUT2D eigenvalue weighted by atomic mass is 19.1. The number of nitrogens with zero attached hydrogens (tertiary/aromatic N) is 5. The van der Waals surface area contributed by atoms with E-state index >= 15 is 0 Å². The molecule has 1 aliphatic rings. The fourth-order valence-corrected chi connectivity index (χ4v) is 3.42. The average Bonchev–Trinajstić information content (AvgIpc) is 3.03. The number of nitrogen functional groups attached to an aromatic ring is 1. The number of halogens is 1. The zero-order valence-corrected chi connectivity index (χ0v) is 15.3. The minimum atomic E-state index is -0.573. The lowest BCUT2D eigenvalue weighted by atomic mass is 10.1. The van der Waals surface area contributed by atoms with Crippen LogP contribution in [0.3, 0.4) is 0 Å². The summed E-state index contributed by atoms with van der Waals surface area (Å²) >= 11 is 0. The highest BCUT2D eigenvalue weighted by Crippen LogP contribution is 2.29. The van der Waals surface area contributed by atoms with E-state index in [1.165, 1.54) is 0 Å². The number of hydrogen-bond acceptors (Lipinski definition) is 7. The van der Waals surface area contributed by atoms with Gasteiger partial charge in [-0.05, 0) is 18.9 Å². The number of amides is 1. The van der Waals surface area contributed by atoms with Crippen LogP contribution in [0.4, 0.5) is 21.6 Å². The summed E-state index contributed by atoms with van der Waals surface area (Å²) in [7, 11) is 1.72. The molecule has 1 amide bonds. The molecule has 0 atom stereocenters. The molecule has 9 nitrogen and oxygen atoms in total. The maximum atomic E-state index is 13.4. The van der Waals surface area contributed by atoms with Gasteiger partial charge in [-0.3, -0.25) is 9.78 Å². The topological polar surface area (TPSA) is 111 Å². The van der Waals surface area contributed by atoms with Crippen LogP contribution in [0.15, 0.2) is 30.9 Å². The van der Waals surface area contributed by atoms with Gasteiger partial charge in [-0.1, -0.05) is 0 Å². The third-order valence-corrected chi connectivity index (χ3v) is 4.86. The first-order valence-electron chi connectivity index (χ1n) is 8.89. The van der Waals surface area contributed by atoms with Crippen molar-refractivity contribution in [3.8, 4) is 0 Å². The number of piperidine rings is 1. The summed E-state index contributed by atoms with van der Waals surface area (Å²) in [5, 5.41) is 6.80. The van der Waals surface area contributed by atoms with Crippen molar-refractivity contribution in [1.29, 1.82) is 0 Å². The van der Waals surface area contributed by atoms with Crippen LogP contribution < -0.4 is 16.0 Å². The summed E-state index contributed by atoms with van der Waals surface area (Å²) in [6.07, 6.45) is 7.46. The lowest BCUT2D eigenvalue weighted by Crippen LogP contribution is -2.37. The summed E-state index contributed by atoms with van der Waals surface area (Å²) in [4.78, 5) is 23.1. The standard InChI is InChI=1S/C18H20FN7O2/c1-28-12-3-6-25(7-4-12)14-2-5-21-9-13(14)23-18(27)15-16(20)24-26-10-11(19)8-22-17(15)26/h2,5,8-10,12H,3-4,6-7H2,1H3,(H2,20,24)(H,23,27). The van der Waals surface area contributed by atoms with E-state index in [0.717, 1.165) is 48.5 Å². The molecule has 1 saturated heterocycles. The van der Waals surface area contributed by atoms with Crippen molar-refractivity contribution in [2.45, 2.75) is 18.9 Å². The smallest absolute Gasteiger partial charge is 0.263 e. The van der Waals surface area contributed by atoms with Crippen LogP contribution in [0.2, 0.25) is 0 Å². The summed E-state index contributed by atoms with van der Waals surface area (Å²) in [5.74, 6) is -1.08. The van der Waals surface area contributed by atoms with Gasteiger partial charge in [-0.15, -0.1) is 5.10 Å². The highest BCUT2D eigenvalue weighted by Gasteiger charge is 2.24. The average molecular weight is 385 g/mol. The fourth-order valence-electron chi connectivity index (χ4n) is 3.42. The molecule has 3 aromatic rings. The summed E-state index contributed by atoms with van der Waals surface area (Å²) in [6, 6.07) is 1.86. The van der Waals surface area contributed by atoms with E-state index in [2.05, 4.69) is 25.3 Å². The van der Waals surface area contributed by atoms with Crippen LogP contribution >= 0.6 is 0 Å². The molecule has 1 aliphatic heterocycles. The van der Waals surface area contributed by atoms with Gasteiger partial charge in [0.15, 0.2) is 17.3 Å². The molecule has 0 aliphatic carbocycles. The largest absolute Gasteiger partial charge is 0.381 e. The predicted octanol–water partition coefficient (Wildman–Crippen LogP) is 1.71. The van der Waals surface area contributed by atoms with Crippen molar-refractivity contribution >= 4 is 28.7 Å². The van der Waals surface area contributed by atoms with Crippen molar-refractivity contribution in [3.63, 3.8) is 0 Å². The quantitative estimate of drug-likeness (QED) is 0.703. The first-order chi connectivity index (χ1) is 13.6. The van der Waals surface area contributed by atoms with Crippen molar-refractivity contribution < 1.29 is 13.9 Å². The molecule has 3 aromatic heterocycles. The Balaban J connectivity index is 1.60. The number of aromatic nitrogens is 4. The van der Waals surface area contributed by atoms with Crippen LogP contribution in [0.1, 0.15) is 23.2 Å². The molecule has 10 heteroatoms. The first-order valence-corrected chi connectivity index (χ1v) is 8.89. The minimum Gasteiger partial charge on any atom is -0.381 e. The van der Waals surface area contributed by atoms with Gasteiger partial charge in [-0.2, -0.15) is 0 Å². The van der Waals surface area contributed by atoms with E-state index < -0.39 is 11.7 Å². The Bertz CT molecular complexity index is 1010. The van der Waals surface area contributed by atoms with Gasteiger partial charge in [-0.25, -0.2) is 13.9 Å². The number of hydrogen-bond donors (Lipinski definition) is 2. The highest BCUT2D eigenvalue weighted by molar-refractivity contribution is 6.12. The molecule has 0 aromatic carbocycles. The number of ether oxygens (including phenoxy) is 1. The number of nitrogens with two attached hydrogens (primary N) is 1. The van der Waals surface area contributed by atoms with E-state index in [1.807, 2.05) is 6.07 Å². The van der Waals surface area contributed by atoms with Crippen LogP contribution in [0.5, 0.6) is 0 Å². The molecule has 0 unspecified atom stereocenters. The van der Waals surface area contributed by atoms with Gasteiger partial charge in [0.05, 0.1) is 36.1 Å². The van der Waals surface area contributed by atoms with Crippen LogP contribution in [-0.2, 0) is 4.74 Å². The second kappa shape index (κ2) is 7.39. The zero-order valence-electron chi connectivity index (χ0n) is 15.3. The van der Waals surface area contributed by atoms with Crippen molar-refractivity contribution in [1.82, 2.24) is 19.6 Å². The number of carbonyl (C=O) groups excluding carboxylic acids is 1. The number of pyridine rings is 1. The van der Waals surface area contributed by atoms with Crippen LogP contribution in [0, 0.1) is 5.82 Å². The molecule has 146 valence electrons. The first kappa shape index (κ1) is 18.1. The summed E-state index contributed by atoms with van der Waals surface area (Å²) in [5.41, 5.74) is 7.58. The Hall–Kier alpha value is -3.27. The number of anilines is 3. The molecular weight excluding hydrogens is 365 g/mol. The van der Waals surface area contributed by atoms with E-state index in [9.17, 15) is 9.18 Å². The third-order valence-electron chi connectivity index (χ3n) is 4.86. The second-order valence-electron chi connectivity index (χ2n) is 6.57. The monoisotopic (exact) mass is 385 g/mol. The molecule has 1 fully saturated rings. The summed E-state index contributed by atoms with van der Waals surface area (Å²) in [6.45, 7) is 1.62. The van der Waals surface area contributed by atoms with Crippen LogP contribution in [-0.4, -0.2) is 51.8 Å². The maximum absolute atomic E-state index is 13.4. The van der Waals surface area contributed by atoms with E-state index in [-0.39, 0.29) is 23.1 Å². The molecule has 4 rings (SSSR count). The maximum Gasteiger partial charge on any atom is 0.263 e. The fraction of sp³-hybridized carbons (Fsp3) is 0.333. The second-order valence-corrected chi connectivity index (χ2v) is 6.57. The zero-order chi connectivity index (χ0) is 19.7. The minimum absolute atomic E-state index is 0.0260. The Morgan fingerprint density at radius 3 is 2.89 bits per heavy atom. The number of nitrogens with one attached hydrogen (secondary N) is 1. The molecule has 28 heavy (non-hydrogen) atoms. The van der Waals surface area contributed by atoms with Crippen molar-refractivity contribution in [3.05, 3.63) is 42.2 Å². The van der Waals surface area contributed by atoms with E-state index in [1.54, 1.807) is 19.5 Å². The van der Waals surface area contributed by atoms with Gasteiger partial charge >= 0.3 is 0 Å². The van der Waals surface area contributed by atoms with Gasteiger partial charge in [0.2, 0.25) is 0 Å². The van der Waals surface area contributed by atoms with E-state index in [4.69, 9.17) is 10.5 Å². The molecule has 0 radical (unpaired) electrons.